The van der Waals surface area contributed by atoms with E-state index in [4.69, 9.17) is 4.74 Å². The Labute approximate surface area is 99.2 Å². The van der Waals surface area contributed by atoms with Gasteiger partial charge in [0, 0.05) is 22.5 Å². The molecule has 0 spiro atoms. The van der Waals surface area contributed by atoms with Crippen LogP contribution in [0.3, 0.4) is 0 Å². The molecule has 1 heterocycles. The van der Waals surface area contributed by atoms with Gasteiger partial charge in [0.05, 0.1) is 13.4 Å². The topological polar surface area (TPSA) is 37.9 Å². The summed E-state index contributed by atoms with van der Waals surface area (Å²) < 4.78 is 5.11. The number of aromatic nitrogens is 2. The Balaban J connectivity index is 1.81. The first-order valence-electron chi connectivity index (χ1n) is 5.12. The van der Waals surface area contributed by atoms with Crippen LogP contribution in [0.25, 0.3) is 0 Å². The molecule has 0 aliphatic carbocycles. The summed E-state index contributed by atoms with van der Waals surface area (Å²) in [5.41, 5.74) is 1.18. The number of rotatable bonds is 5. The van der Waals surface area contributed by atoms with Crippen molar-refractivity contribution in [3.63, 3.8) is 0 Å². The molecule has 0 saturated carbocycles. The smallest absolute Gasteiger partial charge is 0.118 e. The zero-order valence-corrected chi connectivity index (χ0v) is 9.96. The van der Waals surface area contributed by atoms with Crippen LogP contribution in [0.1, 0.15) is 5.69 Å². The maximum atomic E-state index is 5.11. The van der Waals surface area contributed by atoms with E-state index in [0.29, 0.717) is 0 Å². The molecule has 0 aliphatic rings. The third-order valence-corrected chi connectivity index (χ3v) is 3.27. The number of methoxy groups -OCH3 is 1. The Hall–Kier alpha value is -1.42. The fourth-order valence-corrected chi connectivity index (χ4v) is 2.26. The summed E-state index contributed by atoms with van der Waals surface area (Å²) in [5.74, 6) is 1.95. The summed E-state index contributed by atoms with van der Waals surface area (Å²) in [6.45, 7) is 0. The number of nitrogens with zero attached hydrogens (tertiary/aromatic N) is 1. The number of aromatic amines is 1. The minimum atomic E-state index is 0.901. The molecular formula is C12H14N2OS. The Morgan fingerprint density at radius 1 is 1.31 bits per heavy atom. The van der Waals surface area contributed by atoms with Gasteiger partial charge in [0.1, 0.15) is 5.75 Å². The number of H-pyrrole nitrogens is 1. The molecule has 0 saturated heterocycles. The maximum Gasteiger partial charge on any atom is 0.118 e. The first-order chi connectivity index (χ1) is 7.88. The van der Waals surface area contributed by atoms with Gasteiger partial charge in [-0.15, -0.1) is 11.8 Å². The van der Waals surface area contributed by atoms with Crippen LogP contribution in [0.4, 0.5) is 0 Å². The molecule has 0 bridgehead atoms. The monoisotopic (exact) mass is 234 g/mol. The highest BCUT2D eigenvalue weighted by molar-refractivity contribution is 7.99. The number of imidazole rings is 1. The van der Waals surface area contributed by atoms with E-state index < -0.39 is 0 Å². The van der Waals surface area contributed by atoms with Crippen LogP contribution < -0.4 is 4.74 Å². The van der Waals surface area contributed by atoms with Gasteiger partial charge in [0.2, 0.25) is 0 Å². The molecule has 0 fully saturated rings. The van der Waals surface area contributed by atoms with Gasteiger partial charge in [-0.2, -0.15) is 0 Å². The molecule has 4 heteroatoms. The van der Waals surface area contributed by atoms with E-state index in [0.717, 1.165) is 17.9 Å². The molecule has 0 radical (unpaired) electrons. The standard InChI is InChI=1S/C12H14N2OS/c1-15-11-2-4-12(5-3-11)16-7-6-10-8-13-9-14-10/h2-5,8-9H,6-7H2,1H3,(H,13,14). The molecule has 84 valence electrons. The summed E-state index contributed by atoms with van der Waals surface area (Å²) in [4.78, 5) is 8.35. The van der Waals surface area contributed by atoms with Gasteiger partial charge in [-0.05, 0) is 30.7 Å². The molecule has 0 atom stereocenters. The lowest BCUT2D eigenvalue weighted by atomic mass is 10.3. The lowest BCUT2D eigenvalue weighted by molar-refractivity contribution is 0.414. The Bertz CT molecular complexity index is 411. The molecule has 3 nitrogen and oxygen atoms in total. The van der Waals surface area contributed by atoms with E-state index in [-0.39, 0.29) is 0 Å². The molecule has 1 N–H and O–H groups in total. The summed E-state index contributed by atoms with van der Waals surface area (Å²) in [7, 11) is 1.68. The van der Waals surface area contributed by atoms with Crippen molar-refractivity contribution in [3.05, 3.63) is 42.5 Å². The van der Waals surface area contributed by atoms with Crippen molar-refractivity contribution >= 4 is 11.8 Å². The summed E-state index contributed by atoms with van der Waals surface area (Å²) in [5, 5.41) is 0. The third-order valence-electron chi connectivity index (χ3n) is 2.25. The summed E-state index contributed by atoms with van der Waals surface area (Å²) >= 11 is 1.83. The number of nitrogens with one attached hydrogen (secondary N) is 1. The molecule has 1 aromatic heterocycles. The fraction of sp³-hybridized carbons (Fsp3) is 0.250. The van der Waals surface area contributed by atoms with E-state index in [1.54, 1.807) is 13.4 Å². The van der Waals surface area contributed by atoms with Gasteiger partial charge in [-0.1, -0.05) is 0 Å². The van der Waals surface area contributed by atoms with E-state index in [1.807, 2.05) is 30.1 Å². The molecular weight excluding hydrogens is 220 g/mol. The van der Waals surface area contributed by atoms with Gasteiger partial charge in [0.15, 0.2) is 0 Å². The molecule has 1 aromatic carbocycles. The number of hydrogen-bond donors (Lipinski definition) is 1. The van der Waals surface area contributed by atoms with Crippen molar-refractivity contribution in [3.8, 4) is 5.75 Å². The quantitative estimate of drug-likeness (QED) is 0.808. The number of thioether (sulfide) groups is 1. The Morgan fingerprint density at radius 3 is 2.75 bits per heavy atom. The van der Waals surface area contributed by atoms with Crippen molar-refractivity contribution in [1.82, 2.24) is 9.97 Å². The minimum absolute atomic E-state index is 0.901. The molecule has 2 aromatic rings. The lowest BCUT2D eigenvalue weighted by Gasteiger charge is -2.02. The van der Waals surface area contributed by atoms with Crippen molar-refractivity contribution in [1.29, 1.82) is 0 Å². The summed E-state index contributed by atoms with van der Waals surface area (Å²) in [6.07, 6.45) is 4.60. The van der Waals surface area contributed by atoms with E-state index in [2.05, 4.69) is 22.1 Å². The van der Waals surface area contributed by atoms with Crippen molar-refractivity contribution < 1.29 is 4.74 Å². The van der Waals surface area contributed by atoms with Crippen LogP contribution >= 0.6 is 11.8 Å². The van der Waals surface area contributed by atoms with E-state index in [9.17, 15) is 0 Å². The van der Waals surface area contributed by atoms with Gasteiger partial charge < -0.3 is 9.72 Å². The summed E-state index contributed by atoms with van der Waals surface area (Å²) in [6, 6.07) is 8.13. The molecule has 0 unspecified atom stereocenters. The van der Waals surface area contributed by atoms with Gasteiger partial charge in [0.25, 0.3) is 0 Å². The minimum Gasteiger partial charge on any atom is -0.497 e. The first-order valence-corrected chi connectivity index (χ1v) is 6.11. The van der Waals surface area contributed by atoms with Crippen LogP contribution in [0.15, 0.2) is 41.7 Å². The highest BCUT2D eigenvalue weighted by atomic mass is 32.2. The Morgan fingerprint density at radius 2 is 2.12 bits per heavy atom. The Kier molecular flexibility index (Phi) is 3.88. The van der Waals surface area contributed by atoms with Crippen LogP contribution in [0, 0.1) is 0 Å². The van der Waals surface area contributed by atoms with Gasteiger partial charge in [-0.3, -0.25) is 0 Å². The zero-order chi connectivity index (χ0) is 11.2. The molecule has 2 rings (SSSR count). The number of hydrogen-bond acceptors (Lipinski definition) is 3. The fourth-order valence-electron chi connectivity index (χ4n) is 1.37. The average Bonchev–Trinajstić information content (AvgIpc) is 2.83. The number of ether oxygens (including phenoxy) is 1. The second-order valence-corrected chi connectivity index (χ2v) is 4.52. The first kappa shape index (κ1) is 11.1. The molecule has 0 aliphatic heterocycles. The predicted octanol–water partition coefficient (Wildman–Crippen LogP) is 2.75. The van der Waals surface area contributed by atoms with Gasteiger partial charge in [-0.25, -0.2) is 4.98 Å². The molecule has 0 amide bonds. The van der Waals surface area contributed by atoms with E-state index in [1.165, 1.54) is 10.6 Å². The highest BCUT2D eigenvalue weighted by Crippen LogP contribution is 2.21. The molecule has 16 heavy (non-hydrogen) atoms. The average molecular weight is 234 g/mol. The van der Waals surface area contributed by atoms with Crippen LogP contribution in [0.5, 0.6) is 5.75 Å². The third kappa shape index (κ3) is 3.03. The van der Waals surface area contributed by atoms with Gasteiger partial charge >= 0.3 is 0 Å². The highest BCUT2D eigenvalue weighted by Gasteiger charge is 1.97. The van der Waals surface area contributed by atoms with Crippen LogP contribution in [-0.2, 0) is 6.42 Å². The lowest BCUT2D eigenvalue weighted by Crippen LogP contribution is -1.88. The van der Waals surface area contributed by atoms with Crippen LogP contribution in [-0.4, -0.2) is 22.8 Å². The largest absolute Gasteiger partial charge is 0.497 e. The normalized spacial score (nSPS) is 10.3. The van der Waals surface area contributed by atoms with E-state index >= 15 is 0 Å². The van der Waals surface area contributed by atoms with Crippen molar-refractivity contribution in [2.45, 2.75) is 11.3 Å². The predicted molar refractivity (Wildman–Crippen MR) is 66.0 cm³/mol. The number of benzene rings is 1. The number of aryl methyl sites for hydroxylation is 1. The second-order valence-electron chi connectivity index (χ2n) is 3.35. The van der Waals surface area contributed by atoms with Crippen molar-refractivity contribution in [2.24, 2.45) is 0 Å². The zero-order valence-electron chi connectivity index (χ0n) is 9.14. The maximum absolute atomic E-state index is 5.11. The SMILES string of the molecule is COc1ccc(SCCc2cnc[nH]2)cc1. The second kappa shape index (κ2) is 5.61. The van der Waals surface area contributed by atoms with Crippen molar-refractivity contribution in [2.75, 3.05) is 12.9 Å². The van der Waals surface area contributed by atoms with Crippen LogP contribution in [0.2, 0.25) is 0 Å².